The van der Waals surface area contributed by atoms with Gasteiger partial charge in [0.05, 0.1) is 0 Å². The number of hydrogen-bond donors (Lipinski definition) is 1. The van der Waals surface area contributed by atoms with Crippen molar-refractivity contribution < 1.29 is 14.3 Å². The van der Waals surface area contributed by atoms with Crippen molar-refractivity contribution in [3.63, 3.8) is 0 Å². The molecule has 1 aromatic carbocycles. The molecular weight excluding hydrogens is 242 g/mol. The Morgan fingerprint density at radius 1 is 1.26 bits per heavy atom. The van der Waals surface area contributed by atoms with Crippen LogP contribution in [0.25, 0.3) is 0 Å². The Hall–Kier alpha value is -1.84. The monoisotopic (exact) mass is 263 g/mol. The van der Waals surface area contributed by atoms with Crippen LogP contribution < -0.4 is 5.32 Å². The lowest BCUT2D eigenvalue weighted by molar-refractivity contribution is 0.0635. The van der Waals surface area contributed by atoms with Crippen LogP contribution >= 0.6 is 0 Å². The van der Waals surface area contributed by atoms with E-state index in [2.05, 4.69) is 5.32 Å². The molecule has 19 heavy (non-hydrogen) atoms. The van der Waals surface area contributed by atoms with Crippen molar-refractivity contribution in [3.05, 3.63) is 29.3 Å². The molecular formula is C15H21NO3. The molecule has 1 rings (SSSR count). The Morgan fingerprint density at radius 2 is 1.89 bits per heavy atom. The Kier molecular flexibility index (Phi) is 4.70. The number of aldehydes is 1. The standard InChI is InChI=1S/C15H21NO3/c1-10(2)12-6-11(9-17)7-13(8-12)16-14(18)19-15(3,4)5/h6-10H,1-5H3,(H,16,18). The van der Waals surface area contributed by atoms with Crippen molar-refractivity contribution in [2.75, 3.05) is 5.32 Å². The van der Waals surface area contributed by atoms with Gasteiger partial charge < -0.3 is 4.74 Å². The third-order valence-corrected chi connectivity index (χ3v) is 2.43. The molecule has 104 valence electrons. The van der Waals surface area contributed by atoms with Gasteiger partial charge in [0.2, 0.25) is 0 Å². The Morgan fingerprint density at radius 3 is 2.37 bits per heavy atom. The zero-order valence-electron chi connectivity index (χ0n) is 12.1. The second-order valence-corrected chi connectivity index (χ2v) is 5.79. The molecule has 0 aromatic heterocycles. The van der Waals surface area contributed by atoms with Gasteiger partial charge in [-0.3, -0.25) is 10.1 Å². The number of hydrogen-bond acceptors (Lipinski definition) is 3. The Balaban J connectivity index is 2.91. The molecule has 0 unspecified atom stereocenters. The summed E-state index contributed by atoms with van der Waals surface area (Å²) in [6.45, 7) is 9.46. The summed E-state index contributed by atoms with van der Waals surface area (Å²) in [5.74, 6) is 0.277. The number of carbonyl (C=O) groups excluding carboxylic acids is 2. The van der Waals surface area contributed by atoms with Crippen molar-refractivity contribution in [2.45, 2.75) is 46.1 Å². The fourth-order valence-corrected chi connectivity index (χ4v) is 1.57. The summed E-state index contributed by atoms with van der Waals surface area (Å²) >= 11 is 0. The molecule has 0 aliphatic carbocycles. The lowest BCUT2D eigenvalue weighted by Crippen LogP contribution is -2.27. The minimum Gasteiger partial charge on any atom is -0.444 e. The van der Waals surface area contributed by atoms with E-state index in [4.69, 9.17) is 4.74 Å². The van der Waals surface area contributed by atoms with Crippen LogP contribution in [0.15, 0.2) is 18.2 Å². The number of ether oxygens (including phenoxy) is 1. The van der Waals surface area contributed by atoms with Crippen LogP contribution in [-0.4, -0.2) is 18.0 Å². The van der Waals surface area contributed by atoms with E-state index in [1.165, 1.54) is 0 Å². The second-order valence-electron chi connectivity index (χ2n) is 5.79. The molecule has 1 amide bonds. The molecule has 0 saturated carbocycles. The molecule has 1 aromatic rings. The molecule has 0 aliphatic heterocycles. The summed E-state index contributed by atoms with van der Waals surface area (Å²) < 4.78 is 5.18. The first-order valence-electron chi connectivity index (χ1n) is 6.31. The van der Waals surface area contributed by atoms with Gasteiger partial charge in [-0.05, 0) is 50.5 Å². The molecule has 0 aliphatic rings. The smallest absolute Gasteiger partial charge is 0.412 e. The summed E-state index contributed by atoms with van der Waals surface area (Å²) in [4.78, 5) is 22.6. The van der Waals surface area contributed by atoms with E-state index in [-0.39, 0.29) is 5.92 Å². The molecule has 4 heteroatoms. The highest BCUT2D eigenvalue weighted by molar-refractivity contribution is 5.87. The number of benzene rings is 1. The number of nitrogens with one attached hydrogen (secondary N) is 1. The average molecular weight is 263 g/mol. The van der Waals surface area contributed by atoms with E-state index in [1.54, 1.807) is 26.8 Å². The highest BCUT2D eigenvalue weighted by Gasteiger charge is 2.16. The van der Waals surface area contributed by atoms with Gasteiger partial charge >= 0.3 is 6.09 Å². The quantitative estimate of drug-likeness (QED) is 0.839. The minimum atomic E-state index is -0.548. The number of anilines is 1. The van der Waals surface area contributed by atoms with Crippen molar-refractivity contribution in [1.29, 1.82) is 0 Å². The summed E-state index contributed by atoms with van der Waals surface area (Å²) in [5, 5.41) is 2.65. The Bertz CT molecular complexity index is 473. The zero-order chi connectivity index (χ0) is 14.6. The van der Waals surface area contributed by atoms with Crippen molar-refractivity contribution in [1.82, 2.24) is 0 Å². The second kappa shape index (κ2) is 5.87. The number of rotatable bonds is 3. The molecule has 4 nitrogen and oxygen atoms in total. The lowest BCUT2D eigenvalue weighted by Gasteiger charge is -2.20. The largest absolute Gasteiger partial charge is 0.444 e. The molecule has 0 atom stereocenters. The van der Waals surface area contributed by atoms with Crippen LogP contribution in [0.2, 0.25) is 0 Å². The average Bonchev–Trinajstić information content (AvgIpc) is 2.25. The van der Waals surface area contributed by atoms with E-state index in [9.17, 15) is 9.59 Å². The van der Waals surface area contributed by atoms with Gasteiger partial charge in [-0.2, -0.15) is 0 Å². The van der Waals surface area contributed by atoms with Gasteiger partial charge in [0.1, 0.15) is 11.9 Å². The summed E-state index contributed by atoms with van der Waals surface area (Å²) in [6.07, 6.45) is 0.247. The van der Waals surface area contributed by atoms with Gasteiger partial charge in [0, 0.05) is 11.3 Å². The molecule has 0 spiro atoms. The lowest BCUT2D eigenvalue weighted by atomic mass is 10.0. The fraction of sp³-hybridized carbons (Fsp3) is 0.467. The van der Waals surface area contributed by atoms with E-state index in [0.29, 0.717) is 11.3 Å². The van der Waals surface area contributed by atoms with E-state index in [0.717, 1.165) is 11.8 Å². The summed E-state index contributed by atoms with van der Waals surface area (Å²) in [6, 6.07) is 5.29. The third-order valence-electron chi connectivity index (χ3n) is 2.43. The van der Waals surface area contributed by atoms with Gasteiger partial charge in [-0.1, -0.05) is 13.8 Å². The fourth-order valence-electron chi connectivity index (χ4n) is 1.57. The van der Waals surface area contributed by atoms with Crippen molar-refractivity contribution in [2.24, 2.45) is 0 Å². The molecule has 0 heterocycles. The van der Waals surface area contributed by atoms with Gasteiger partial charge in [0.25, 0.3) is 0 Å². The summed E-state index contributed by atoms with van der Waals surface area (Å²) in [7, 11) is 0. The highest BCUT2D eigenvalue weighted by Crippen LogP contribution is 2.21. The predicted octanol–water partition coefficient (Wildman–Crippen LogP) is 3.97. The van der Waals surface area contributed by atoms with Gasteiger partial charge in [0.15, 0.2) is 0 Å². The molecule has 1 N–H and O–H groups in total. The summed E-state index contributed by atoms with van der Waals surface area (Å²) in [5.41, 5.74) is 1.56. The van der Waals surface area contributed by atoms with Crippen LogP contribution in [0.1, 0.15) is 56.5 Å². The molecule has 0 bridgehead atoms. The highest BCUT2D eigenvalue weighted by atomic mass is 16.6. The van der Waals surface area contributed by atoms with E-state index in [1.807, 2.05) is 26.0 Å². The van der Waals surface area contributed by atoms with Crippen LogP contribution in [0, 0.1) is 0 Å². The van der Waals surface area contributed by atoms with Crippen molar-refractivity contribution >= 4 is 18.1 Å². The first kappa shape index (κ1) is 15.2. The maximum absolute atomic E-state index is 11.7. The third kappa shape index (κ3) is 5.12. The maximum atomic E-state index is 11.7. The molecule has 0 radical (unpaired) electrons. The predicted molar refractivity (Wildman–Crippen MR) is 75.8 cm³/mol. The maximum Gasteiger partial charge on any atom is 0.412 e. The van der Waals surface area contributed by atoms with E-state index < -0.39 is 11.7 Å². The van der Waals surface area contributed by atoms with Gasteiger partial charge in [-0.15, -0.1) is 0 Å². The zero-order valence-corrected chi connectivity index (χ0v) is 12.1. The van der Waals surface area contributed by atoms with Crippen LogP contribution in [-0.2, 0) is 4.74 Å². The Labute approximate surface area is 114 Å². The molecule has 0 saturated heterocycles. The minimum absolute atomic E-state index is 0.277. The number of carbonyl (C=O) groups is 2. The SMILES string of the molecule is CC(C)c1cc(C=O)cc(NC(=O)OC(C)(C)C)c1. The first-order valence-corrected chi connectivity index (χ1v) is 6.31. The first-order chi connectivity index (χ1) is 8.71. The topological polar surface area (TPSA) is 55.4 Å². The van der Waals surface area contributed by atoms with Crippen LogP contribution in [0.4, 0.5) is 10.5 Å². The van der Waals surface area contributed by atoms with Crippen LogP contribution in [0.5, 0.6) is 0 Å². The number of amides is 1. The van der Waals surface area contributed by atoms with E-state index >= 15 is 0 Å². The van der Waals surface area contributed by atoms with Gasteiger partial charge in [-0.25, -0.2) is 4.79 Å². The normalized spacial score (nSPS) is 11.3. The van der Waals surface area contributed by atoms with Crippen LogP contribution in [0.3, 0.4) is 0 Å². The van der Waals surface area contributed by atoms with Crippen molar-refractivity contribution in [3.8, 4) is 0 Å². The molecule has 0 fully saturated rings.